The molecular formula is C21H14F3N9O. The third-order valence-electron chi connectivity index (χ3n) is 4.51. The Morgan fingerprint density at radius 2 is 1.74 bits per heavy atom. The highest BCUT2D eigenvalue weighted by Gasteiger charge is 2.35. The monoisotopic (exact) mass is 465 g/mol. The zero-order valence-corrected chi connectivity index (χ0v) is 17.2. The summed E-state index contributed by atoms with van der Waals surface area (Å²) in [6.07, 6.45) is 4.23. The maximum atomic E-state index is 12.9. The molecule has 0 aliphatic heterocycles. The molecule has 0 N–H and O–H groups in total. The summed E-state index contributed by atoms with van der Waals surface area (Å²) in [7, 11) is 0. The van der Waals surface area contributed by atoms with Crippen molar-refractivity contribution >= 4 is 0 Å². The summed E-state index contributed by atoms with van der Waals surface area (Å²) >= 11 is 0. The zero-order valence-electron chi connectivity index (χ0n) is 17.2. The fourth-order valence-corrected chi connectivity index (χ4v) is 3.03. The van der Waals surface area contributed by atoms with E-state index < -0.39 is 12.0 Å². The van der Waals surface area contributed by atoms with Gasteiger partial charge in [0.25, 0.3) is 5.82 Å². The van der Waals surface area contributed by atoms with Crippen LogP contribution in [0.4, 0.5) is 13.2 Å². The van der Waals surface area contributed by atoms with Gasteiger partial charge in [0, 0.05) is 30.2 Å². The Hall–Kier alpha value is -4.68. The SMILES string of the molecule is FC(F)(F)c1ncn(Cc2nc(-c3ccnc(Oc4cccnc4)c3)nn2-c2cccnc2)n1. The van der Waals surface area contributed by atoms with Crippen LogP contribution in [0.5, 0.6) is 11.6 Å². The minimum atomic E-state index is -4.64. The second kappa shape index (κ2) is 8.69. The number of halogens is 3. The van der Waals surface area contributed by atoms with Crippen molar-refractivity contribution < 1.29 is 17.9 Å². The molecule has 0 atom stereocenters. The van der Waals surface area contributed by atoms with Crippen LogP contribution in [-0.2, 0) is 12.7 Å². The lowest BCUT2D eigenvalue weighted by Gasteiger charge is -2.05. The first kappa shape index (κ1) is 21.2. The summed E-state index contributed by atoms with van der Waals surface area (Å²) in [5, 5.41) is 8.04. The quantitative estimate of drug-likeness (QED) is 0.374. The Morgan fingerprint density at radius 1 is 0.912 bits per heavy atom. The number of aromatic nitrogens is 9. The third-order valence-corrected chi connectivity index (χ3v) is 4.51. The molecule has 0 saturated carbocycles. The molecule has 34 heavy (non-hydrogen) atoms. The lowest BCUT2D eigenvalue weighted by atomic mass is 10.2. The number of nitrogens with zero attached hydrogens (tertiary/aromatic N) is 9. The molecule has 170 valence electrons. The largest absolute Gasteiger partial charge is 0.453 e. The number of hydrogen-bond acceptors (Lipinski definition) is 8. The highest BCUT2D eigenvalue weighted by Crippen LogP contribution is 2.26. The van der Waals surface area contributed by atoms with Gasteiger partial charge >= 0.3 is 6.18 Å². The number of ether oxygens (including phenoxy) is 1. The molecular weight excluding hydrogens is 451 g/mol. The maximum Gasteiger partial charge on any atom is 0.453 e. The highest BCUT2D eigenvalue weighted by atomic mass is 19.4. The molecule has 5 rings (SSSR count). The summed E-state index contributed by atoms with van der Waals surface area (Å²) in [6.45, 7) is -0.102. The molecule has 5 heterocycles. The van der Waals surface area contributed by atoms with Crippen LogP contribution in [0.25, 0.3) is 17.1 Å². The van der Waals surface area contributed by atoms with Gasteiger partial charge in [0.05, 0.1) is 18.1 Å². The first-order chi connectivity index (χ1) is 16.5. The third kappa shape index (κ3) is 4.57. The van der Waals surface area contributed by atoms with Crippen LogP contribution in [0.2, 0.25) is 0 Å². The molecule has 5 aromatic heterocycles. The first-order valence-corrected chi connectivity index (χ1v) is 9.83. The van der Waals surface area contributed by atoms with Crippen LogP contribution < -0.4 is 4.74 Å². The number of alkyl halides is 3. The minimum absolute atomic E-state index is 0.102. The van der Waals surface area contributed by atoms with Gasteiger partial charge in [0.1, 0.15) is 18.6 Å². The average molecular weight is 465 g/mol. The summed E-state index contributed by atoms with van der Waals surface area (Å²) in [4.78, 5) is 20.1. The predicted octanol–water partition coefficient (Wildman–Crippen LogP) is 3.57. The van der Waals surface area contributed by atoms with Crippen molar-refractivity contribution in [1.29, 1.82) is 0 Å². The second-order valence-corrected chi connectivity index (χ2v) is 6.91. The zero-order chi connectivity index (χ0) is 23.5. The normalized spacial score (nSPS) is 11.5. The molecule has 0 saturated heterocycles. The minimum Gasteiger partial charge on any atom is -0.437 e. The van der Waals surface area contributed by atoms with Crippen LogP contribution in [0.15, 0.2) is 73.7 Å². The molecule has 0 fully saturated rings. The van der Waals surface area contributed by atoms with Crippen LogP contribution in [0.3, 0.4) is 0 Å². The molecule has 0 amide bonds. The number of hydrogen-bond donors (Lipinski definition) is 0. The highest BCUT2D eigenvalue weighted by molar-refractivity contribution is 5.56. The van der Waals surface area contributed by atoms with Crippen LogP contribution in [0, 0.1) is 0 Å². The van der Waals surface area contributed by atoms with Gasteiger partial charge in [-0.1, -0.05) is 0 Å². The van der Waals surface area contributed by atoms with Crippen molar-refractivity contribution in [3.63, 3.8) is 0 Å². The van der Waals surface area contributed by atoms with Gasteiger partial charge in [-0.3, -0.25) is 9.97 Å². The number of pyridine rings is 3. The van der Waals surface area contributed by atoms with Gasteiger partial charge in [-0.15, -0.1) is 10.2 Å². The number of rotatable bonds is 6. The van der Waals surface area contributed by atoms with E-state index in [0.717, 1.165) is 11.0 Å². The summed E-state index contributed by atoms with van der Waals surface area (Å²) in [5.74, 6) is 0.220. The van der Waals surface area contributed by atoms with Crippen molar-refractivity contribution in [3.05, 3.63) is 85.4 Å². The Kier molecular flexibility index (Phi) is 5.41. The first-order valence-electron chi connectivity index (χ1n) is 9.83. The van der Waals surface area contributed by atoms with E-state index in [0.29, 0.717) is 34.5 Å². The van der Waals surface area contributed by atoms with Crippen molar-refractivity contribution in [2.45, 2.75) is 12.7 Å². The Bertz CT molecular complexity index is 1400. The van der Waals surface area contributed by atoms with Gasteiger partial charge < -0.3 is 4.74 Å². The molecule has 13 heteroatoms. The molecule has 0 spiro atoms. The summed E-state index contributed by atoms with van der Waals surface area (Å²) in [6, 6.07) is 10.3. The predicted molar refractivity (Wildman–Crippen MR) is 111 cm³/mol. The average Bonchev–Trinajstić information content (AvgIpc) is 3.48. The topological polar surface area (TPSA) is 109 Å². The maximum absolute atomic E-state index is 12.9. The fourth-order valence-electron chi connectivity index (χ4n) is 3.03. The molecule has 10 nitrogen and oxygen atoms in total. The van der Waals surface area contributed by atoms with Gasteiger partial charge in [0.15, 0.2) is 11.6 Å². The Morgan fingerprint density at radius 3 is 2.44 bits per heavy atom. The van der Waals surface area contributed by atoms with Crippen LogP contribution in [-0.4, -0.2) is 44.5 Å². The van der Waals surface area contributed by atoms with E-state index in [1.807, 2.05) is 0 Å². The van der Waals surface area contributed by atoms with E-state index in [9.17, 15) is 13.2 Å². The van der Waals surface area contributed by atoms with Gasteiger partial charge in [-0.2, -0.15) is 13.2 Å². The van der Waals surface area contributed by atoms with E-state index in [2.05, 4.69) is 35.1 Å². The van der Waals surface area contributed by atoms with Crippen LogP contribution in [0.1, 0.15) is 11.6 Å². The molecule has 0 aliphatic carbocycles. The van der Waals surface area contributed by atoms with Crippen molar-refractivity contribution in [2.75, 3.05) is 0 Å². The smallest absolute Gasteiger partial charge is 0.437 e. The summed E-state index contributed by atoms with van der Waals surface area (Å²) < 4.78 is 47.0. The Balaban J connectivity index is 1.50. The standard InChI is InChI=1S/C21H14F3N9O/c22-21(23,24)20-28-13-32(31-20)12-17-29-19(30-33(17)15-3-1-6-25-10-15)14-5-8-27-18(9-14)34-16-4-2-7-26-11-16/h1-11,13H,12H2. The lowest BCUT2D eigenvalue weighted by Crippen LogP contribution is -2.12. The Labute approximate surface area is 189 Å². The van der Waals surface area contributed by atoms with E-state index in [-0.39, 0.29) is 6.54 Å². The van der Waals surface area contributed by atoms with Gasteiger partial charge in [-0.05, 0) is 30.3 Å². The second-order valence-electron chi connectivity index (χ2n) is 6.91. The van der Waals surface area contributed by atoms with Crippen LogP contribution >= 0.6 is 0 Å². The molecule has 0 radical (unpaired) electrons. The molecule has 0 aromatic carbocycles. The fraction of sp³-hybridized carbons (Fsp3) is 0.0952. The van der Waals surface area contributed by atoms with E-state index in [1.165, 1.54) is 4.68 Å². The van der Waals surface area contributed by atoms with Crippen molar-refractivity contribution in [1.82, 2.24) is 44.5 Å². The van der Waals surface area contributed by atoms with Crippen molar-refractivity contribution in [3.8, 4) is 28.7 Å². The molecule has 0 unspecified atom stereocenters. The van der Waals surface area contributed by atoms with Gasteiger partial charge in [-0.25, -0.2) is 24.3 Å². The molecule has 0 bridgehead atoms. The van der Waals surface area contributed by atoms with E-state index >= 15 is 0 Å². The molecule has 0 aliphatic rings. The lowest BCUT2D eigenvalue weighted by molar-refractivity contribution is -0.145. The van der Waals surface area contributed by atoms with Crippen molar-refractivity contribution in [2.24, 2.45) is 0 Å². The van der Waals surface area contributed by atoms with E-state index in [4.69, 9.17) is 4.74 Å². The summed E-state index contributed by atoms with van der Waals surface area (Å²) in [5.41, 5.74) is 1.17. The molecule has 5 aromatic rings. The van der Waals surface area contributed by atoms with E-state index in [1.54, 1.807) is 67.4 Å². The van der Waals surface area contributed by atoms with Gasteiger partial charge in [0.2, 0.25) is 5.88 Å².